The summed E-state index contributed by atoms with van der Waals surface area (Å²) < 4.78 is 41.0. The number of hydrogen-bond acceptors (Lipinski definition) is 3. The summed E-state index contributed by atoms with van der Waals surface area (Å²) in [6.07, 6.45) is 3.15. The van der Waals surface area contributed by atoms with Gasteiger partial charge in [-0.05, 0) is 77.1 Å². The Hall–Kier alpha value is -3.41. The Morgan fingerprint density at radius 1 is 1.08 bits per heavy atom. The number of ether oxygens (including phenoxy) is 2. The number of hydrogen-bond donors (Lipinski definition) is 1. The molecule has 1 fully saturated rings. The van der Waals surface area contributed by atoms with Crippen molar-refractivity contribution in [3.8, 4) is 22.6 Å². The molecule has 0 radical (unpaired) electrons. The number of benzene rings is 3. The average Bonchev–Trinajstić information content (AvgIpc) is 3.21. The molecule has 0 heterocycles. The molecule has 0 bridgehead atoms. The van der Waals surface area contributed by atoms with Gasteiger partial charge in [0.15, 0.2) is 11.6 Å². The van der Waals surface area contributed by atoms with Gasteiger partial charge in [0, 0.05) is 12.0 Å². The van der Waals surface area contributed by atoms with Crippen LogP contribution in [0.2, 0.25) is 0 Å². The lowest BCUT2D eigenvalue weighted by molar-refractivity contribution is -0.136. The highest BCUT2D eigenvalue weighted by Gasteiger charge is 2.37. The van der Waals surface area contributed by atoms with Crippen LogP contribution in [0.3, 0.4) is 0 Å². The molecule has 6 heteroatoms. The molecule has 1 aliphatic rings. The van der Waals surface area contributed by atoms with Crippen LogP contribution >= 0.6 is 0 Å². The lowest BCUT2D eigenvalue weighted by atomic mass is 9.75. The fraction of sp³-hybridized carbons (Fsp3) is 0.367. The highest BCUT2D eigenvalue weighted by atomic mass is 19.1. The van der Waals surface area contributed by atoms with Crippen molar-refractivity contribution in [2.75, 3.05) is 7.11 Å². The second-order valence-corrected chi connectivity index (χ2v) is 10.1. The van der Waals surface area contributed by atoms with Crippen LogP contribution in [0.1, 0.15) is 62.1 Å². The van der Waals surface area contributed by atoms with E-state index in [1.807, 2.05) is 12.1 Å². The van der Waals surface area contributed by atoms with Crippen molar-refractivity contribution in [1.29, 1.82) is 0 Å². The number of methoxy groups -OCH3 is 1. The van der Waals surface area contributed by atoms with E-state index in [9.17, 15) is 13.6 Å². The summed E-state index contributed by atoms with van der Waals surface area (Å²) in [5.74, 6) is -0.898. The fourth-order valence-electron chi connectivity index (χ4n) is 5.24. The Balaban J connectivity index is 1.66. The molecule has 0 spiro atoms. The van der Waals surface area contributed by atoms with Gasteiger partial charge < -0.3 is 14.6 Å². The fourth-order valence-corrected chi connectivity index (χ4v) is 5.24. The monoisotopic (exact) mass is 494 g/mol. The first kappa shape index (κ1) is 25.7. The molecule has 0 amide bonds. The van der Waals surface area contributed by atoms with Gasteiger partial charge in [-0.25, -0.2) is 8.78 Å². The van der Waals surface area contributed by atoms with Gasteiger partial charge in [-0.3, -0.25) is 4.79 Å². The van der Waals surface area contributed by atoms with E-state index in [0.29, 0.717) is 16.9 Å². The number of carbonyl (C=O) groups is 1. The summed E-state index contributed by atoms with van der Waals surface area (Å²) in [5, 5.41) is 8.91. The minimum atomic E-state index is -0.976. The van der Waals surface area contributed by atoms with Crippen LogP contribution in [0.25, 0.3) is 11.1 Å². The minimum absolute atomic E-state index is 0.0636. The van der Waals surface area contributed by atoms with E-state index in [2.05, 4.69) is 19.9 Å². The molecule has 1 saturated carbocycles. The Bertz CT molecular complexity index is 1250. The molecule has 190 valence electrons. The lowest BCUT2D eigenvalue weighted by Crippen LogP contribution is -2.17. The summed E-state index contributed by atoms with van der Waals surface area (Å²) in [6, 6.07) is 15.4. The Labute approximate surface area is 210 Å². The zero-order chi connectivity index (χ0) is 25.9. The molecule has 36 heavy (non-hydrogen) atoms. The summed E-state index contributed by atoms with van der Waals surface area (Å²) in [5.41, 5.74) is 3.62. The molecule has 3 aromatic carbocycles. The van der Waals surface area contributed by atoms with Gasteiger partial charge in [0.25, 0.3) is 0 Å². The van der Waals surface area contributed by atoms with E-state index < -0.39 is 11.8 Å². The maximum absolute atomic E-state index is 15.0. The molecule has 4 rings (SSSR count). The first-order valence-electron chi connectivity index (χ1n) is 12.3. The van der Waals surface area contributed by atoms with Crippen molar-refractivity contribution in [2.45, 2.75) is 58.5 Å². The average molecular weight is 495 g/mol. The molecule has 4 nitrogen and oxygen atoms in total. The number of aryl methyl sites for hydroxylation is 1. The predicted molar refractivity (Wildman–Crippen MR) is 135 cm³/mol. The number of carboxylic acid groups (broad SMARTS) is 1. The summed E-state index contributed by atoms with van der Waals surface area (Å²) in [6.45, 7) is 4.63. The molecule has 1 aliphatic carbocycles. The highest BCUT2D eigenvalue weighted by Crippen LogP contribution is 2.51. The topological polar surface area (TPSA) is 55.8 Å². The van der Waals surface area contributed by atoms with Crippen molar-refractivity contribution >= 4 is 5.97 Å². The van der Waals surface area contributed by atoms with Crippen molar-refractivity contribution in [3.63, 3.8) is 0 Å². The van der Waals surface area contributed by atoms with Crippen molar-refractivity contribution < 1.29 is 28.2 Å². The summed E-state index contributed by atoms with van der Waals surface area (Å²) in [7, 11) is 1.56. The van der Waals surface area contributed by atoms with Crippen LogP contribution in [0.15, 0.2) is 54.6 Å². The second-order valence-electron chi connectivity index (χ2n) is 10.1. The van der Waals surface area contributed by atoms with Crippen molar-refractivity contribution in [2.24, 2.45) is 5.41 Å². The van der Waals surface area contributed by atoms with E-state index >= 15 is 0 Å². The number of carboxylic acids is 1. The van der Waals surface area contributed by atoms with Crippen LogP contribution in [0.5, 0.6) is 11.5 Å². The Morgan fingerprint density at radius 3 is 2.58 bits per heavy atom. The molecule has 0 saturated heterocycles. The third kappa shape index (κ3) is 5.53. The zero-order valence-electron chi connectivity index (χ0n) is 20.9. The van der Waals surface area contributed by atoms with Gasteiger partial charge in [0.1, 0.15) is 18.2 Å². The van der Waals surface area contributed by atoms with Gasteiger partial charge in [0.2, 0.25) is 0 Å². The number of rotatable bonds is 9. The van der Waals surface area contributed by atoms with Gasteiger partial charge >= 0.3 is 5.97 Å². The van der Waals surface area contributed by atoms with Crippen LogP contribution in [-0.2, 0) is 17.8 Å². The van der Waals surface area contributed by atoms with Crippen LogP contribution in [-0.4, -0.2) is 18.2 Å². The van der Waals surface area contributed by atoms with E-state index in [1.54, 1.807) is 37.4 Å². The van der Waals surface area contributed by atoms with E-state index in [4.69, 9.17) is 14.6 Å². The molecule has 1 atom stereocenters. The summed E-state index contributed by atoms with van der Waals surface area (Å²) in [4.78, 5) is 10.9. The first-order valence-corrected chi connectivity index (χ1v) is 12.3. The zero-order valence-corrected chi connectivity index (χ0v) is 20.9. The molecule has 0 unspecified atom stereocenters. The smallest absolute Gasteiger partial charge is 0.303 e. The van der Waals surface area contributed by atoms with Crippen LogP contribution < -0.4 is 9.47 Å². The highest BCUT2D eigenvalue weighted by molar-refractivity contribution is 5.71. The molecular formula is C30H32F2O4. The predicted octanol–water partition coefficient (Wildman–Crippen LogP) is 7.53. The van der Waals surface area contributed by atoms with Crippen molar-refractivity contribution in [1.82, 2.24) is 0 Å². The third-order valence-corrected chi connectivity index (χ3v) is 7.26. The normalized spacial score (nSPS) is 16.6. The van der Waals surface area contributed by atoms with Gasteiger partial charge in [-0.15, -0.1) is 0 Å². The Kier molecular flexibility index (Phi) is 7.62. The lowest BCUT2D eigenvalue weighted by Gasteiger charge is -2.30. The molecule has 1 N–H and O–H groups in total. The largest absolute Gasteiger partial charge is 0.497 e. The first-order chi connectivity index (χ1) is 17.2. The minimum Gasteiger partial charge on any atom is -0.497 e. The molecule has 3 aromatic rings. The Morgan fingerprint density at radius 2 is 1.89 bits per heavy atom. The van der Waals surface area contributed by atoms with Gasteiger partial charge in [0.05, 0.1) is 7.11 Å². The summed E-state index contributed by atoms with van der Waals surface area (Å²) >= 11 is 0. The number of aliphatic carboxylic acids is 1. The standard InChI is InChI=1S/C30H32F2O4/c1-30(2)15-5-7-25(30)23-16-19(9-12-22(23)24-17-21(35-3)11-13-26(24)31)18-36-27-8-4-6-20(29(27)32)10-14-28(33)34/h4,6,8-9,11-13,16-17,25H,5,7,10,14-15,18H2,1-3H3,(H,33,34)/t25-/m0/s1. The SMILES string of the molecule is COc1ccc(F)c(-c2ccc(COc3cccc(CCC(=O)O)c3F)cc2[C@@H]2CCCC2(C)C)c1. The molecule has 0 aliphatic heterocycles. The van der Waals surface area contributed by atoms with E-state index in [0.717, 1.165) is 36.0 Å². The van der Waals surface area contributed by atoms with Gasteiger partial charge in [-0.2, -0.15) is 0 Å². The van der Waals surface area contributed by atoms with Gasteiger partial charge in [-0.1, -0.05) is 50.6 Å². The van der Waals surface area contributed by atoms with E-state index in [1.165, 1.54) is 6.07 Å². The molecule has 0 aromatic heterocycles. The second kappa shape index (κ2) is 10.7. The van der Waals surface area contributed by atoms with Crippen LogP contribution in [0.4, 0.5) is 8.78 Å². The quantitative estimate of drug-likeness (QED) is 0.334. The maximum atomic E-state index is 15.0. The third-order valence-electron chi connectivity index (χ3n) is 7.26. The molecular weight excluding hydrogens is 462 g/mol. The van der Waals surface area contributed by atoms with Crippen molar-refractivity contribution in [3.05, 3.63) is 82.9 Å². The van der Waals surface area contributed by atoms with E-state index in [-0.39, 0.29) is 42.3 Å². The van der Waals surface area contributed by atoms with Crippen LogP contribution in [0, 0.1) is 17.0 Å². The maximum Gasteiger partial charge on any atom is 0.303 e. The number of halogens is 2.